The molecule has 0 aliphatic carbocycles. The molecule has 1 heterocycles. The topological polar surface area (TPSA) is 50.0 Å². The van der Waals surface area contributed by atoms with Crippen LogP contribution in [0.2, 0.25) is 5.02 Å². The molecule has 2 aromatic carbocycles. The number of benzene rings is 2. The van der Waals surface area contributed by atoms with Crippen LogP contribution in [0.25, 0.3) is 0 Å². The van der Waals surface area contributed by atoms with Crippen molar-refractivity contribution in [1.29, 1.82) is 0 Å². The van der Waals surface area contributed by atoms with Crippen LogP contribution >= 0.6 is 11.6 Å². The first-order valence-corrected chi connectivity index (χ1v) is 8.60. The molecule has 1 aromatic heterocycles. The number of hydrogen-bond acceptors (Lipinski definition) is 2. The molecule has 0 saturated heterocycles. The molecule has 0 unspecified atom stereocenters. The quantitative estimate of drug-likeness (QED) is 0.539. The number of aromatic nitrogens is 1. The van der Waals surface area contributed by atoms with Crippen molar-refractivity contribution in [1.82, 2.24) is 5.32 Å². The standard InChI is InChI=1S/C21H17ClN2O2/c22-19-9-5-4-8-18(19)14-23-20(25)15-24-12-10-17(11-13-24)21(26)16-6-2-1-3-7-16/h1-13H,14-15H2/p+1. The summed E-state index contributed by atoms with van der Waals surface area (Å²) < 4.78 is 1.73. The molecule has 0 saturated carbocycles. The highest BCUT2D eigenvalue weighted by Gasteiger charge is 2.13. The van der Waals surface area contributed by atoms with E-state index >= 15 is 0 Å². The number of rotatable bonds is 6. The molecule has 3 rings (SSSR count). The van der Waals surface area contributed by atoms with E-state index in [1.54, 1.807) is 47.3 Å². The first-order chi connectivity index (χ1) is 12.6. The molecule has 0 radical (unpaired) electrons. The lowest BCUT2D eigenvalue weighted by Crippen LogP contribution is -2.42. The van der Waals surface area contributed by atoms with E-state index in [1.807, 2.05) is 36.4 Å². The van der Waals surface area contributed by atoms with Crippen molar-refractivity contribution >= 4 is 23.3 Å². The lowest BCUT2D eigenvalue weighted by atomic mass is 10.0. The second-order valence-electron chi connectivity index (χ2n) is 5.82. The Morgan fingerprint density at radius 2 is 1.46 bits per heavy atom. The van der Waals surface area contributed by atoms with E-state index in [9.17, 15) is 9.59 Å². The Bertz CT molecular complexity index is 909. The van der Waals surface area contributed by atoms with Crippen molar-refractivity contribution in [2.24, 2.45) is 0 Å². The fourth-order valence-corrected chi connectivity index (χ4v) is 2.73. The summed E-state index contributed by atoms with van der Waals surface area (Å²) in [7, 11) is 0. The fourth-order valence-electron chi connectivity index (χ4n) is 2.53. The number of nitrogens with zero attached hydrogens (tertiary/aromatic N) is 1. The van der Waals surface area contributed by atoms with Crippen LogP contribution in [0.15, 0.2) is 79.1 Å². The fraction of sp³-hybridized carbons (Fsp3) is 0.0952. The third kappa shape index (κ3) is 4.55. The van der Waals surface area contributed by atoms with Crippen LogP contribution in [-0.4, -0.2) is 11.7 Å². The van der Waals surface area contributed by atoms with E-state index in [1.165, 1.54) is 0 Å². The summed E-state index contributed by atoms with van der Waals surface area (Å²) >= 11 is 6.08. The average molecular weight is 366 g/mol. The van der Waals surface area contributed by atoms with Gasteiger partial charge in [0.15, 0.2) is 18.2 Å². The number of ketones is 1. The van der Waals surface area contributed by atoms with E-state index in [4.69, 9.17) is 11.6 Å². The summed E-state index contributed by atoms with van der Waals surface area (Å²) in [5.41, 5.74) is 2.10. The number of pyridine rings is 1. The Hall–Kier alpha value is -2.98. The van der Waals surface area contributed by atoms with E-state index in [0.717, 1.165) is 5.56 Å². The van der Waals surface area contributed by atoms with E-state index in [2.05, 4.69) is 5.32 Å². The molecule has 3 aromatic rings. The van der Waals surface area contributed by atoms with Gasteiger partial charge in [-0.25, -0.2) is 0 Å². The van der Waals surface area contributed by atoms with Crippen LogP contribution in [0.1, 0.15) is 21.5 Å². The van der Waals surface area contributed by atoms with Gasteiger partial charge in [-0.05, 0) is 11.6 Å². The maximum Gasteiger partial charge on any atom is 0.286 e. The first kappa shape index (κ1) is 17.8. The number of halogens is 1. The Balaban J connectivity index is 1.58. The number of nitrogens with one attached hydrogen (secondary N) is 1. The van der Waals surface area contributed by atoms with Gasteiger partial charge in [0.2, 0.25) is 6.54 Å². The van der Waals surface area contributed by atoms with Gasteiger partial charge in [-0.2, -0.15) is 4.57 Å². The van der Waals surface area contributed by atoms with Gasteiger partial charge >= 0.3 is 0 Å². The summed E-state index contributed by atoms with van der Waals surface area (Å²) in [5, 5.41) is 3.47. The zero-order valence-electron chi connectivity index (χ0n) is 14.1. The van der Waals surface area contributed by atoms with Gasteiger partial charge in [0.05, 0.1) is 0 Å². The summed E-state index contributed by atoms with van der Waals surface area (Å²) in [4.78, 5) is 24.5. The Morgan fingerprint density at radius 3 is 2.15 bits per heavy atom. The van der Waals surface area contributed by atoms with Gasteiger partial charge in [-0.3, -0.25) is 9.59 Å². The van der Waals surface area contributed by atoms with Gasteiger partial charge < -0.3 is 5.32 Å². The molecule has 4 nitrogen and oxygen atoms in total. The van der Waals surface area contributed by atoms with Crippen molar-refractivity contribution in [3.8, 4) is 0 Å². The summed E-state index contributed by atoms with van der Waals surface area (Å²) in [6.07, 6.45) is 3.45. The highest BCUT2D eigenvalue weighted by Crippen LogP contribution is 2.14. The van der Waals surface area contributed by atoms with Crippen molar-refractivity contribution in [3.05, 3.63) is 101 Å². The maximum absolute atomic E-state index is 12.4. The predicted octanol–water partition coefficient (Wildman–Crippen LogP) is 3.17. The van der Waals surface area contributed by atoms with Crippen LogP contribution in [-0.2, 0) is 17.9 Å². The lowest BCUT2D eigenvalue weighted by Gasteiger charge is -2.05. The van der Waals surface area contributed by atoms with E-state index in [-0.39, 0.29) is 18.2 Å². The molecule has 1 N–H and O–H groups in total. The molecule has 0 spiro atoms. The van der Waals surface area contributed by atoms with Gasteiger partial charge in [0.25, 0.3) is 5.91 Å². The third-order valence-corrected chi connectivity index (χ3v) is 4.32. The van der Waals surface area contributed by atoms with Crippen LogP contribution in [0.5, 0.6) is 0 Å². The maximum atomic E-state index is 12.4. The highest BCUT2D eigenvalue weighted by atomic mass is 35.5. The van der Waals surface area contributed by atoms with Crippen LogP contribution in [0.4, 0.5) is 0 Å². The van der Waals surface area contributed by atoms with Crippen LogP contribution < -0.4 is 9.88 Å². The highest BCUT2D eigenvalue weighted by molar-refractivity contribution is 6.31. The third-order valence-electron chi connectivity index (χ3n) is 3.95. The molecular weight excluding hydrogens is 348 g/mol. The monoisotopic (exact) mass is 365 g/mol. The smallest absolute Gasteiger partial charge is 0.286 e. The van der Waals surface area contributed by atoms with Crippen LogP contribution in [0.3, 0.4) is 0 Å². The minimum absolute atomic E-state index is 0.0408. The minimum atomic E-state index is -0.128. The molecule has 130 valence electrons. The molecule has 5 heteroatoms. The molecule has 0 aliphatic rings. The number of carbonyl (C=O) groups is 2. The number of carbonyl (C=O) groups excluding carboxylic acids is 2. The second-order valence-corrected chi connectivity index (χ2v) is 6.23. The van der Waals surface area contributed by atoms with Gasteiger partial charge in [-0.1, -0.05) is 60.1 Å². The van der Waals surface area contributed by atoms with E-state index in [0.29, 0.717) is 22.7 Å². The van der Waals surface area contributed by atoms with Crippen LogP contribution in [0, 0.1) is 0 Å². The zero-order chi connectivity index (χ0) is 18.4. The van der Waals surface area contributed by atoms with E-state index < -0.39 is 0 Å². The lowest BCUT2D eigenvalue weighted by molar-refractivity contribution is -0.684. The van der Waals surface area contributed by atoms with Crippen molar-refractivity contribution in [3.63, 3.8) is 0 Å². The SMILES string of the molecule is O=C(C[n+]1ccc(C(=O)c2ccccc2)cc1)NCc1ccccc1Cl. The molecule has 1 amide bonds. The predicted molar refractivity (Wildman–Crippen MR) is 99.8 cm³/mol. The van der Waals surface area contributed by atoms with Crippen molar-refractivity contribution < 1.29 is 14.2 Å². The van der Waals surface area contributed by atoms with Crippen molar-refractivity contribution in [2.45, 2.75) is 13.1 Å². The zero-order valence-corrected chi connectivity index (χ0v) is 14.8. The largest absolute Gasteiger partial charge is 0.346 e. The van der Waals surface area contributed by atoms with Gasteiger partial charge in [0, 0.05) is 34.8 Å². The average Bonchev–Trinajstić information content (AvgIpc) is 2.68. The first-order valence-electron chi connectivity index (χ1n) is 8.22. The van der Waals surface area contributed by atoms with Crippen molar-refractivity contribution in [2.75, 3.05) is 0 Å². The summed E-state index contributed by atoms with van der Waals surface area (Å²) in [6, 6.07) is 19.9. The second kappa shape index (κ2) is 8.41. The summed E-state index contributed by atoms with van der Waals surface area (Å²) in [6.45, 7) is 0.550. The summed E-state index contributed by atoms with van der Waals surface area (Å²) in [5.74, 6) is -0.169. The normalized spacial score (nSPS) is 10.3. The Morgan fingerprint density at radius 1 is 0.846 bits per heavy atom. The number of hydrogen-bond donors (Lipinski definition) is 1. The number of amides is 1. The molecule has 0 bridgehead atoms. The molecule has 0 fully saturated rings. The minimum Gasteiger partial charge on any atom is -0.346 e. The Labute approximate surface area is 157 Å². The molecule has 0 aliphatic heterocycles. The van der Waals surface area contributed by atoms with Gasteiger partial charge in [0.1, 0.15) is 0 Å². The molecule has 26 heavy (non-hydrogen) atoms. The van der Waals surface area contributed by atoms with Gasteiger partial charge in [-0.15, -0.1) is 0 Å². The Kier molecular flexibility index (Phi) is 5.77. The molecular formula is C21H18ClN2O2+. The molecule has 0 atom stereocenters.